The van der Waals surface area contributed by atoms with E-state index in [1.807, 2.05) is 0 Å². The van der Waals surface area contributed by atoms with Crippen LogP contribution in [0, 0.1) is 0 Å². The number of hydrogen-bond donors (Lipinski definition) is 1. The maximum Gasteiger partial charge on any atom is 0.174 e. The molecule has 0 saturated carbocycles. The van der Waals surface area contributed by atoms with Gasteiger partial charge in [-0.1, -0.05) is 44.2 Å². The smallest absolute Gasteiger partial charge is 0.174 e. The summed E-state index contributed by atoms with van der Waals surface area (Å²) in [5.41, 5.74) is 0. The summed E-state index contributed by atoms with van der Waals surface area (Å²) in [4.78, 5) is 0. The van der Waals surface area contributed by atoms with Gasteiger partial charge in [0.05, 0.1) is 12.7 Å². The normalized spacial score (nSPS) is 15.7. The molecule has 0 bridgehead atoms. The van der Waals surface area contributed by atoms with E-state index in [9.17, 15) is 5.11 Å². The number of rotatable bonds is 9. The van der Waals surface area contributed by atoms with Crippen LogP contribution in [0.4, 0.5) is 0 Å². The number of aliphatic hydroxyl groups is 1. The zero-order valence-corrected chi connectivity index (χ0v) is 10.1. The topological polar surface area (TPSA) is 38.7 Å². The molecule has 2 unspecified atom stereocenters. The van der Waals surface area contributed by atoms with Crippen molar-refractivity contribution in [3.8, 4) is 0 Å². The molecular formula is C13H22O3. The van der Waals surface area contributed by atoms with Crippen molar-refractivity contribution in [1.29, 1.82) is 0 Å². The van der Waals surface area contributed by atoms with Crippen LogP contribution in [0.1, 0.15) is 19.8 Å². The zero-order chi connectivity index (χ0) is 12.2. The van der Waals surface area contributed by atoms with Crippen LogP contribution in [0.25, 0.3) is 0 Å². The predicted octanol–water partition coefficient (Wildman–Crippen LogP) is 2.43. The van der Waals surface area contributed by atoms with Gasteiger partial charge >= 0.3 is 0 Å². The van der Waals surface area contributed by atoms with Gasteiger partial charge in [-0.2, -0.15) is 0 Å². The van der Waals surface area contributed by atoms with Crippen molar-refractivity contribution in [3.63, 3.8) is 0 Å². The van der Waals surface area contributed by atoms with Crippen molar-refractivity contribution in [2.24, 2.45) is 0 Å². The third-order valence-electron chi connectivity index (χ3n) is 2.03. The fourth-order valence-corrected chi connectivity index (χ4v) is 1.15. The molecule has 0 amide bonds. The number of methoxy groups -OCH3 is 1. The largest absolute Gasteiger partial charge is 0.379 e. The van der Waals surface area contributed by atoms with Crippen molar-refractivity contribution in [2.75, 3.05) is 13.7 Å². The van der Waals surface area contributed by atoms with Crippen LogP contribution in [0.3, 0.4) is 0 Å². The molecule has 0 aromatic carbocycles. The van der Waals surface area contributed by atoms with Gasteiger partial charge in [-0.05, 0) is 12.5 Å². The van der Waals surface area contributed by atoms with Crippen LogP contribution in [0.5, 0.6) is 0 Å². The lowest BCUT2D eigenvalue weighted by molar-refractivity contribution is -0.0994. The number of ether oxygens (including phenoxy) is 2. The second-order valence-electron chi connectivity index (χ2n) is 3.38. The van der Waals surface area contributed by atoms with E-state index < -0.39 is 6.29 Å². The van der Waals surface area contributed by atoms with Gasteiger partial charge in [0, 0.05) is 7.11 Å². The van der Waals surface area contributed by atoms with Crippen LogP contribution in [-0.2, 0) is 9.47 Å². The van der Waals surface area contributed by atoms with Gasteiger partial charge in [0.15, 0.2) is 6.29 Å². The van der Waals surface area contributed by atoms with Crippen molar-refractivity contribution in [3.05, 3.63) is 37.0 Å². The quantitative estimate of drug-likeness (QED) is 0.485. The van der Waals surface area contributed by atoms with E-state index in [2.05, 4.69) is 13.5 Å². The molecule has 0 rings (SSSR count). The Balaban J connectivity index is 3.77. The first-order valence-electron chi connectivity index (χ1n) is 5.53. The lowest BCUT2D eigenvalue weighted by atomic mass is 10.2. The Morgan fingerprint density at radius 3 is 2.62 bits per heavy atom. The Bertz CT molecular complexity index is 221. The van der Waals surface area contributed by atoms with Crippen LogP contribution in [-0.4, -0.2) is 31.2 Å². The van der Waals surface area contributed by atoms with Crippen LogP contribution < -0.4 is 0 Å². The average molecular weight is 226 g/mol. The van der Waals surface area contributed by atoms with E-state index >= 15 is 0 Å². The lowest BCUT2D eigenvalue weighted by Gasteiger charge is -2.16. The standard InChI is InChI=1S/C13H22O3/c1-4-6-7-8-10-13(14)16-11-12(15-3)9-5-2/h4,6-8,10,12-14H,1,5,9,11H2,2-3H3. The van der Waals surface area contributed by atoms with Crippen molar-refractivity contribution in [2.45, 2.75) is 32.2 Å². The zero-order valence-electron chi connectivity index (χ0n) is 10.1. The third kappa shape index (κ3) is 8.41. The molecule has 16 heavy (non-hydrogen) atoms. The fourth-order valence-electron chi connectivity index (χ4n) is 1.15. The summed E-state index contributed by atoms with van der Waals surface area (Å²) in [5, 5.41) is 9.44. The highest BCUT2D eigenvalue weighted by atomic mass is 16.6. The highest BCUT2D eigenvalue weighted by molar-refractivity contribution is 5.09. The van der Waals surface area contributed by atoms with Gasteiger partial charge in [-0.25, -0.2) is 0 Å². The average Bonchev–Trinajstić information content (AvgIpc) is 2.30. The van der Waals surface area contributed by atoms with Crippen molar-refractivity contribution >= 4 is 0 Å². The van der Waals surface area contributed by atoms with Gasteiger partial charge in [-0.3, -0.25) is 0 Å². The maximum atomic E-state index is 9.44. The molecular weight excluding hydrogens is 204 g/mol. The Morgan fingerprint density at radius 2 is 2.06 bits per heavy atom. The van der Waals surface area contributed by atoms with Crippen LogP contribution >= 0.6 is 0 Å². The number of hydrogen-bond acceptors (Lipinski definition) is 3. The van der Waals surface area contributed by atoms with E-state index in [-0.39, 0.29) is 6.10 Å². The first kappa shape index (κ1) is 15.1. The third-order valence-corrected chi connectivity index (χ3v) is 2.03. The van der Waals surface area contributed by atoms with Crippen molar-refractivity contribution in [1.82, 2.24) is 0 Å². The summed E-state index contributed by atoms with van der Waals surface area (Å²) in [6, 6.07) is 0. The Morgan fingerprint density at radius 1 is 1.31 bits per heavy atom. The van der Waals surface area contributed by atoms with E-state index in [1.165, 1.54) is 0 Å². The minimum Gasteiger partial charge on any atom is -0.379 e. The summed E-state index contributed by atoms with van der Waals surface area (Å²) >= 11 is 0. The minimum absolute atomic E-state index is 0.0526. The molecule has 0 aliphatic heterocycles. The molecule has 0 heterocycles. The van der Waals surface area contributed by atoms with Gasteiger partial charge in [-0.15, -0.1) is 0 Å². The minimum atomic E-state index is -0.885. The summed E-state index contributed by atoms with van der Waals surface area (Å²) in [6.45, 7) is 6.03. The maximum absolute atomic E-state index is 9.44. The summed E-state index contributed by atoms with van der Waals surface area (Å²) < 4.78 is 10.4. The molecule has 0 aromatic rings. The van der Waals surface area contributed by atoms with Crippen molar-refractivity contribution < 1.29 is 14.6 Å². The molecule has 2 atom stereocenters. The highest BCUT2D eigenvalue weighted by Crippen LogP contribution is 2.03. The molecule has 0 aromatic heterocycles. The van der Waals surface area contributed by atoms with Gasteiger partial charge < -0.3 is 14.6 Å². The molecule has 0 aliphatic carbocycles. The summed E-state index contributed by atoms with van der Waals surface area (Å²) in [7, 11) is 1.65. The molecule has 0 spiro atoms. The second kappa shape index (κ2) is 10.6. The molecule has 0 fully saturated rings. The number of allylic oxidation sites excluding steroid dienone is 4. The first-order chi connectivity index (χ1) is 7.74. The SMILES string of the molecule is C=CC=CC=CC(O)OCC(CCC)OC. The Hall–Kier alpha value is -0.900. The van der Waals surface area contributed by atoms with Gasteiger partial charge in [0.1, 0.15) is 0 Å². The Kier molecular flexibility index (Phi) is 10.0. The van der Waals surface area contributed by atoms with E-state index in [4.69, 9.17) is 9.47 Å². The molecule has 3 nitrogen and oxygen atoms in total. The molecule has 1 N–H and O–H groups in total. The van der Waals surface area contributed by atoms with E-state index in [1.54, 1.807) is 37.5 Å². The van der Waals surface area contributed by atoms with Gasteiger partial charge in [0.25, 0.3) is 0 Å². The van der Waals surface area contributed by atoms with Crippen LogP contribution in [0.2, 0.25) is 0 Å². The Labute approximate surface area is 98.1 Å². The number of aliphatic hydroxyl groups excluding tert-OH is 1. The first-order valence-corrected chi connectivity index (χ1v) is 5.53. The summed E-state index contributed by atoms with van der Waals surface area (Å²) in [6.07, 6.45) is 9.64. The molecule has 0 radical (unpaired) electrons. The summed E-state index contributed by atoms with van der Waals surface area (Å²) in [5.74, 6) is 0. The monoisotopic (exact) mass is 226 g/mol. The predicted molar refractivity (Wildman–Crippen MR) is 66.1 cm³/mol. The lowest BCUT2D eigenvalue weighted by Crippen LogP contribution is -2.22. The second-order valence-corrected chi connectivity index (χ2v) is 3.38. The highest BCUT2D eigenvalue weighted by Gasteiger charge is 2.08. The fraction of sp³-hybridized carbons (Fsp3) is 0.538. The van der Waals surface area contributed by atoms with E-state index in [0.717, 1.165) is 12.8 Å². The molecule has 3 heteroatoms. The molecule has 0 aliphatic rings. The van der Waals surface area contributed by atoms with Crippen LogP contribution in [0.15, 0.2) is 37.0 Å². The molecule has 0 saturated heterocycles. The van der Waals surface area contributed by atoms with E-state index in [0.29, 0.717) is 6.61 Å². The molecule has 92 valence electrons. The van der Waals surface area contributed by atoms with Gasteiger partial charge in [0.2, 0.25) is 0 Å².